The highest BCUT2D eigenvalue weighted by atomic mass is 79.9. The van der Waals surface area contributed by atoms with Gasteiger partial charge in [0.05, 0.1) is 6.54 Å². The highest BCUT2D eigenvalue weighted by molar-refractivity contribution is 9.10. The number of nitrogens with zero attached hydrogens (tertiary/aromatic N) is 1. The number of hydrogen-bond donors (Lipinski definition) is 1. The number of rotatable bonds is 2. The van der Waals surface area contributed by atoms with Crippen molar-refractivity contribution in [1.29, 1.82) is 0 Å². The van der Waals surface area contributed by atoms with Gasteiger partial charge in [-0.15, -0.1) is 0 Å². The fraction of sp³-hybridized carbons (Fsp3) is 0.417. The topological polar surface area (TPSA) is 38.1 Å². The van der Waals surface area contributed by atoms with Crippen LogP contribution in [0.5, 0.6) is 0 Å². The molecule has 1 aromatic heterocycles. The van der Waals surface area contributed by atoms with Crippen LogP contribution < -0.4 is 5.32 Å². The summed E-state index contributed by atoms with van der Waals surface area (Å²) >= 11 is 3.42. The van der Waals surface area contributed by atoms with Crippen LogP contribution in [-0.4, -0.2) is 10.5 Å². The average Bonchev–Trinajstić information content (AvgIpc) is 2.55. The lowest BCUT2D eigenvalue weighted by molar-refractivity contribution is 0.388. The summed E-state index contributed by atoms with van der Waals surface area (Å²) in [5, 5.41) is 3.35. The Labute approximate surface area is 103 Å². The normalized spacial score (nSPS) is 12.2. The number of fused-ring (bicyclic) bond motifs is 1. The maximum Gasteiger partial charge on any atom is 0.209 e. The largest absolute Gasteiger partial charge is 0.439 e. The minimum atomic E-state index is 0.0707. The molecule has 4 heteroatoms. The van der Waals surface area contributed by atoms with Crippen molar-refractivity contribution in [2.75, 3.05) is 0 Å². The minimum Gasteiger partial charge on any atom is -0.439 e. The molecule has 0 fully saturated rings. The highest BCUT2D eigenvalue weighted by Gasteiger charge is 2.11. The lowest BCUT2D eigenvalue weighted by Crippen LogP contribution is -2.35. The van der Waals surface area contributed by atoms with E-state index in [0.29, 0.717) is 6.54 Å². The van der Waals surface area contributed by atoms with Crippen LogP contribution in [-0.2, 0) is 6.54 Å². The van der Waals surface area contributed by atoms with Crippen LogP contribution in [0.2, 0.25) is 0 Å². The standard InChI is InChI=1S/C12H15BrN2O/c1-12(2,3)14-7-11-15-9-6-8(13)4-5-10(9)16-11/h4-6,14H,7H2,1-3H3. The molecule has 86 valence electrons. The van der Waals surface area contributed by atoms with Crippen molar-refractivity contribution in [1.82, 2.24) is 10.3 Å². The third-order valence-electron chi connectivity index (χ3n) is 2.16. The number of benzene rings is 1. The molecule has 16 heavy (non-hydrogen) atoms. The monoisotopic (exact) mass is 282 g/mol. The van der Waals surface area contributed by atoms with E-state index in [4.69, 9.17) is 4.42 Å². The van der Waals surface area contributed by atoms with Crippen molar-refractivity contribution in [3.8, 4) is 0 Å². The molecule has 0 bridgehead atoms. The summed E-state index contributed by atoms with van der Waals surface area (Å²) in [5.74, 6) is 0.725. The SMILES string of the molecule is CC(C)(C)NCc1nc2cc(Br)ccc2o1. The van der Waals surface area contributed by atoms with E-state index in [1.165, 1.54) is 0 Å². The first-order valence-electron chi connectivity index (χ1n) is 5.24. The smallest absolute Gasteiger partial charge is 0.209 e. The van der Waals surface area contributed by atoms with Crippen LogP contribution in [0, 0.1) is 0 Å². The molecule has 1 N–H and O–H groups in total. The van der Waals surface area contributed by atoms with Gasteiger partial charge in [-0.2, -0.15) is 0 Å². The van der Waals surface area contributed by atoms with Crippen LogP contribution in [0.3, 0.4) is 0 Å². The molecule has 2 aromatic rings. The molecule has 0 spiro atoms. The second kappa shape index (κ2) is 4.18. The fourth-order valence-electron chi connectivity index (χ4n) is 1.36. The molecule has 0 radical (unpaired) electrons. The van der Waals surface area contributed by atoms with Gasteiger partial charge in [0, 0.05) is 10.0 Å². The predicted octanol–water partition coefficient (Wildman–Crippen LogP) is 3.48. The van der Waals surface area contributed by atoms with Gasteiger partial charge in [0.15, 0.2) is 5.58 Å². The minimum absolute atomic E-state index is 0.0707. The van der Waals surface area contributed by atoms with Gasteiger partial charge in [-0.1, -0.05) is 15.9 Å². The van der Waals surface area contributed by atoms with Crippen LogP contribution in [0.4, 0.5) is 0 Å². The van der Waals surface area contributed by atoms with Gasteiger partial charge in [0.25, 0.3) is 0 Å². The third kappa shape index (κ3) is 2.83. The Morgan fingerprint density at radius 1 is 1.38 bits per heavy atom. The Morgan fingerprint density at radius 3 is 2.81 bits per heavy atom. The number of hydrogen-bond acceptors (Lipinski definition) is 3. The number of nitrogens with one attached hydrogen (secondary N) is 1. The number of halogens is 1. The van der Waals surface area contributed by atoms with Crippen LogP contribution >= 0.6 is 15.9 Å². The van der Waals surface area contributed by atoms with Crippen molar-refractivity contribution in [3.05, 3.63) is 28.6 Å². The van der Waals surface area contributed by atoms with E-state index in [0.717, 1.165) is 21.5 Å². The quantitative estimate of drug-likeness (QED) is 0.917. The molecule has 2 rings (SSSR count). The Kier molecular flexibility index (Phi) is 3.04. The molecule has 0 aliphatic carbocycles. The van der Waals surface area contributed by atoms with Gasteiger partial charge in [0.2, 0.25) is 5.89 Å². The molecule has 1 heterocycles. The molecule has 0 aliphatic rings. The molecular formula is C12H15BrN2O. The first-order valence-corrected chi connectivity index (χ1v) is 6.03. The maximum atomic E-state index is 5.62. The highest BCUT2D eigenvalue weighted by Crippen LogP contribution is 2.20. The zero-order valence-electron chi connectivity index (χ0n) is 9.67. The molecular weight excluding hydrogens is 268 g/mol. The van der Waals surface area contributed by atoms with Gasteiger partial charge in [0.1, 0.15) is 5.52 Å². The van der Waals surface area contributed by atoms with Crippen molar-refractivity contribution < 1.29 is 4.42 Å². The van der Waals surface area contributed by atoms with E-state index in [1.807, 2.05) is 18.2 Å². The Hall–Kier alpha value is -0.870. The molecule has 3 nitrogen and oxygen atoms in total. The summed E-state index contributed by atoms with van der Waals surface area (Å²) in [7, 11) is 0. The first-order chi connectivity index (χ1) is 7.44. The van der Waals surface area contributed by atoms with E-state index in [-0.39, 0.29) is 5.54 Å². The van der Waals surface area contributed by atoms with E-state index < -0.39 is 0 Å². The van der Waals surface area contributed by atoms with Crippen molar-refractivity contribution >= 4 is 27.0 Å². The van der Waals surface area contributed by atoms with Crippen molar-refractivity contribution in [2.24, 2.45) is 0 Å². The maximum absolute atomic E-state index is 5.62. The molecule has 0 aliphatic heterocycles. The lowest BCUT2D eigenvalue weighted by Gasteiger charge is -2.18. The number of oxazole rings is 1. The predicted molar refractivity (Wildman–Crippen MR) is 68.3 cm³/mol. The molecule has 0 unspecified atom stereocenters. The van der Waals surface area contributed by atoms with Crippen LogP contribution in [0.15, 0.2) is 27.1 Å². The summed E-state index contributed by atoms with van der Waals surface area (Å²) in [6.07, 6.45) is 0. The van der Waals surface area contributed by atoms with Gasteiger partial charge in [-0.3, -0.25) is 0 Å². The van der Waals surface area contributed by atoms with E-state index in [9.17, 15) is 0 Å². The third-order valence-corrected chi connectivity index (χ3v) is 2.66. The Morgan fingerprint density at radius 2 is 2.12 bits per heavy atom. The van der Waals surface area contributed by atoms with Crippen molar-refractivity contribution in [2.45, 2.75) is 32.9 Å². The van der Waals surface area contributed by atoms with Crippen LogP contribution in [0.1, 0.15) is 26.7 Å². The van der Waals surface area contributed by atoms with E-state index in [2.05, 4.69) is 47.0 Å². The molecule has 0 amide bonds. The lowest BCUT2D eigenvalue weighted by atomic mass is 10.1. The van der Waals surface area contributed by atoms with E-state index >= 15 is 0 Å². The summed E-state index contributed by atoms with van der Waals surface area (Å²) < 4.78 is 6.64. The van der Waals surface area contributed by atoms with Gasteiger partial charge in [-0.05, 0) is 39.0 Å². The number of aromatic nitrogens is 1. The van der Waals surface area contributed by atoms with Gasteiger partial charge < -0.3 is 9.73 Å². The summed E-state index contributed by atoms with van der Waals surface area (Å²) in [6, 6.07) is 5.83. The average molecular weight is 283 g/mol. The molecule has 0 saturated heterocycles. The summed E-state index contributed by atoms with van der Waals surface area (Å²) in [5.41, 5.74) is 1.79. The summed E-state index contributed by atoms with van der Waals surface area (Å²) in [6.45, 7) is 7.00. The Balaban J connectivity index is 2.20. The van der Waals surface area contributed by atoms with Gasteiger partial charge >= 0.3 is 0 Å². The Bertz CT molecular complexity index is 499. The fourth-order valence-corrected chi connectivity index (χ4v) is 1.71. The van der Waals surface area contributed by atoms with Crippen molar-refractivity contribution in [3.63, 3.8) is 0 Å². The second-order valence-corrected chi connectivity index (χ2v) is 5.74. The molecule has 1 aromatic carbocycles. The van der Waals surface area contributed by atoms with Crippen LogP contribution in [0.25, 0.3) is 11.1 Å². The zero-order chi connectivity index (χ0) is 11.8. The summed E-state index contributed by atoms with van der Waals surface area (Å²) in [4.78, 5) is 4.42. The first kappa shape index (κ1) is 11.6. The second-order valence-electron chi connectivity index (χ2n) is 4.82. The van der Waals surface area contributed by atoms with E-state index in [1.54, 1.807) is 0 Å². The van der Waals surface area contributed by atoms with Gasteiger partial charge in [-0.25, -0.2) is 4.98 Å². The zero-order valence-corrected chi connectivity index (χ0v) is 11.3. The molecule has 0 saturated carbocycles. The molecule has 0 atom stereocenters.